The minimum atomic E-state index is -3.85. The van der Waals surface area contributed by atoms with E-state index in [1.807, 2.05) is 33.0 Å². The van der Waals surface area contributed by atoms with Crippen LogP contribution in [-0.4, -0.2) is 68.3 Å². The molecule has 0 spiro atoms. The zero-order valence-electron chi connectivity index (χ0n) is 23.8. The lowest BCUT2D eigenvalue weighted by atomic mass is 9.85. The molecule has 0 saturated heterocycles. The van der Waals surface area contributed by atoms with Crippen LogP contribution in [0.4, 0.5) is 8.78 Å². The lowest BCUT2D eigenvalue weighted by molar-refractivity contribution is -0.456. The highest BCUT2D eigenvalue weighted by Gasteiger charge is 2.46. The molecule has 0 aliphatic rings. The molecule has 42 heavy (non-hydrogen) atoms. The van der Waals surface area contributed by atoms with Gasteiger partial charge >= 0.3 is 11.9 Å². The van der Waals surface area contributed by atoms with Gasteiger partial charge in [0, 0.05) is 48.6 Å². The summed E-state index contributed by atoms with van der Waals surface area (Å²) in [5.41, 5.74) is 2.89. The second-order valence-corrected chi connectivity index (χ2v) is 11.2. The van der Waals surface area contributed by atoms with Crippen LogP contribution in [0.5, 0.6) is 5.75 Å². The molecule has 4 rings (SSSR count). The third-order valence-corrected chi connectivity index (χ3v) is 7.09. The Hall–Kier alpha value is -3.50. The third kappa shape index (κ3) is 6.15. The first kappa shape index (κ1) is 31.4. The minimum absolute atomic E-state index is 0.0490. The van der Waals surface area contributed by atoms with Gasteiger partial charge in [0.15, 0.2) is 11.6 Å². The number of nitrogens with one attached hydrogen (secondary N) is 1. The molecule has 3 aromatic heterocycles. The van der Waals surface area contributed by atoms with Gasteiger partial charge in [-0.05, 0) is 36.6 Å². The van der Waals surface area contributed by atoms with Crippen LogP contribution in [0.1, 0.15) is 49.5 Å². The first-order valence-corrected chi connectivity index (χ1v) is 13.1. The van der Waals surface area contributed by atoms with Crippen molar-refractivity contribution in [2.75, 3.05) is 6.61 Å². The highest BCUT2D eigenvalue weighted by atomic mass is 19.2. The van der Waals surface area contributed by atoms with Crippen LogP contribution in [0.2, 0.25) is 0 Å². The third-order valence-electron chi connectivity index (χ3n) is 7.09. The number of aromatic nitrogens is 4. The molecular formula is C28H35F2N5O7. The highest BCUT2D eigenvalue weighted by Crippen LogP contribution is 2.36. The molecular weight excluding hydrogens is 556 g/mol. The molecule has 0 aliphatic carbocycles. The van der Waals surface area contributed by atoms with Gasteiger partial charge in [0.1, 0.15) is 11.8 Å². The van der Waals surface area contributed by atoms with E-state index in [1.165, 1.54) is 22.9 Å². The number of benzene rings is 1. The quantitative estimate of drug-likeness (QED) is 0.133. The number of fused-ring (bicyclic) bond motifs is 1. The molecule has 0 bridgehead atoms. The molecule has 4 aromatic rings. The molecule has 7 N–H and O–H groups in total. The fraction of sp³-hybridized carbons (Fsp3) is 0.429. The lowest BCUT2D eigenvalue weighted by Gasteiger charge is -2.30. The molecule has 3 heterocycles. The molecule has 0 aliphatic heterocycles. The van der Waals surface area contributed by atoms with Crippen LogP contribution >= 0.6 is 0 Å². The van der Waals surface area contributed by atoms with Gasteiger partial charge in [-0.1, -0.05) is 20.8 Å². The predicted octanol–water partition coefficient (Wildman–Crippen LogP) is 1.38. The van der Waals surface area contributed by atoms with E-state index in [-0.39, 0.29) is 24.3 Å². The normalized spacial score (nSPS) is 13.6. The van der Waals surface area contributed by atoms with Crippen LogP contribution in [0, 0.1) is 24.0 Å². The van der Waals surface area contributed by atoms with Crippen LogP contribution in [-0.2, 0) is 20.0 Å². The number of aryl methyl sites for hydroxylation is 1. The number of imidazole rings is 1. The number of aliphatic hydroxyl groups excluding tert-OH is 1. The van der Waals surface area contributed by atoms with E-state index in [9.17, 15) is 19.7 Å². The lowest BCUT2D eigenvalue weighted by Crippen LogP contribution is -2.63. The Kier molecular flexibility index (Phi) is 8.46. The average molecular weight is 592 g/mol. The SMILES string of the molecule is Cc1c(CCOc2c(-c3ccc4ncc(CNC(O)(O)C(O)(O)O)n4c3)ccc(F)c2F)c(C(O)C(C)(C)C)nn1C. The van der Waals surface area contributed by atoms with Crippen LogP contribution < -0.4 is 10.1 Å². The van der Waals surface area contributed by atoms with Gasteiger partial charge in [-0.15, -0.1) is 0 Å². The minimum Gasteiger partial charge on any atom is -0.489 e. The van der Waals surface area contributed by atoms with Crippen molar-refractivity contribution in [2.24, 2.45) is 12.5 Å². The number of aliphatic hydroxyl groups is 6. The van der Waals surface area contributed by atoms with Gasteiger partial charge in [-0.2, -0.15) is 9.49 Å². The predicted molar refractivity (Wildman–Crippen MR) is 145 cm³/mol. The van der Waals surface area contributed by atoms with E-state index in [4.69, 9.17) is 20.1 Å². The summed E-state index contributed by atoms with van der Waals surface area (Å²) in [5, 5.41) is 64.1. The largest absolute Gasteiger partial charge is 0.489 e. The summed E-state index contributed by atoms with van der Waals surface area (Å²) >= 11 is 0. The Bertz CT molecular complexity index is 1590. The monoisotopic (exact) mass is 591 g/mol. The van der Waals surface area contributed by atoms with E-state index in [2.05, 4.69) is 10.1 Å². The zero-order valence-corrected chi connectivity index (χ0v) is 23.8. The van der Waals surface area contributed by atoms with Gasteiger partial charge < -0.3 is 39.8 Å². The van der Waals surface area contributed by atoms with E-state index >= 15 is 4.39 Å². The van der Waals surface area contributed by atoms with Crippen LogP contribution in [0.15, 0.2) is 36.7 Å². The summed E-state index contributed by atoms with van der Waals surface area (Å²) < 4.78 is 38.4. The van der Waals surface area contributed by atoms with Gasteiger partial charge in [0.2, 0.25) is 5.82 Å². The van der Waals surface area contributed by atoms with Crippen molar-refractivity contribution in [1.29, 1.82) is 0 Å². The maximum atomic E-state index is 15.1. The van der Waals surface area contributed by atoms with Crippen molar-refractivity contribution >= 4 is 5.65 Å². The maximum Gasteiger partial charge on any atom is 0.348 e. The number of halogens is 2. The summed E-state index contributed by atoms with van der Waals surface area (Å²) in [6, 6.07) is 5.53. The number of nitrogens with zero attached hydrogens (tertiary/aromatic N) is 4. The summed E-state index contributed by atoms with van der Waals surface area (Å²) in [6.45, 7) is 7.07. The Morgan fingerprint density at radius 1 is 1.05 bits per heavy atom. The van der Waals surface area contributed by atoms with Gasteiger partial charge in [-0.3, -0.25) is 10.00 Å². The molecule has 1 aromatic carbocycles. The standard InChI is InChI=1S/C28H35F2N5O7/c1-15-18(23(33-34(15)5)25(36)26(2,3)4)10-11-42-24-19(7-8-20(29)22(24)30)16-6-9-21-31-12-17(35(21)14-16)13-32-27(37,38)28(39,40)41/h6-9,12,14,25,32,36-41H,10-11,13H2,1-5H3. The number of hydrogen-bond donors (Lipinski definition) is 7. The smallest absolute Gasteiger partial charge is 0.348 e. The molecule has 0 amide bonds. The van der Waals surface area contributed by atoms with Crippen LogP contribution in [0.3, 0.4) is 0 Å². The average Bonchev–Trinajstić information content (AvgIpc) is 3.43. The highest BCUT2D eigenvalue weighted by molar-refractivity contribution is 5.71. The van der Waals surface area contributed by atoms with E-state index in [0.29, 0.717) is 22.6 Å². The van der Waals surface area contributed by atoms with E-state index < -0.39 is 41.6 Å². The van der Waals surface area contributed by atoms with Gasteiger partial charge in [0.05, 0.1) is 24.2 Å². The second kappa shape index (κ2) is 11.3. The molecule has 228 valence electrons. The first-order chi connectivity index (χ1) is 19.4. The number of hydrogen-bond acceptors (Lipinski definition) is 10. The molecule has 14 heteroatoms. The zero-order chi connectivity index (χ0) is 31.2. The molecule has 0 fully saturated rings. The Labute approximate surface area is 240 Å². The van der Waals surface area contributed by atoms with Crippen molar-refractivity contribution in [3.63, 3.8) is 0 Å². The first-order valence-electron chi connectivity index (χ1n) is 13.1. The van der Waals surface area contributed by atoms with E-state index in [0.717, 1.165) is 17.3 Å². The topological polar surface area (TPSA) is 178 Å². The summed E-state index contributed by atoms with van der Waals surface area (Å²) in [6.07, 6.45) is 2.30. The number of ether oxygens (including phenoxy) is 1. The van der Waals surface area contributed by atoms with Gasteiger partial charge in [0.25, 0.3) is 0 Å². The number of rotatable bonds is 10. The van der Waals surface area contributed by atoms with Gasteiger partial charge in [-0.25, -0.2) is 9.37 Å². The van der Waals surface area contributed by atoms with Crippen molar-refractivity contribution in [3.8, 4) is 16.9 Å². The summed E-state index contributed by atoms with van der Waals surface area (Å²) in [7, 11) is 1.76. The fourth-order valence-electron chi connectivity index (χ4n) is 4.43. The maximum absolute atomic E-state index is 15.1. The summed E-state index contributed by atoms with van der Waals surface area (Å²) in [5.74, 6) is -9.94. The van der Waals surface area contributed by atoms with Crippen molar-refractivity contribution in [3.05, 3.63) is 70.9 Å². The fourth-order valence-corrected chi connectivity index (χ4v) is 4.43. The molecule has 0 radical (unpaired) electrons. The van der Waals surface area contributed by atoms with Crippen LogP contribution in [0.25, 0.3) is 16.8 Å². The van der Waals surface area contributed by atoms with Crippen molar-refractivity contribution in [2.45, 2.75) is 58.6 Å². The molecule has 1 unspecified atom stereocenters. The molecule has 1 atom stereocenters. The molecule has 12 nitrogen and oxygen atoms in total. The summed E-state index contributed by atoms with van der Waals surface area (Å²) in [4.78, 5) is 4.18. The number of pyridine rings is 1. The molecule has 0 saturated carbocycles. The Morgan fingerprint density at radius 2 is 1.74 bits per heavy atom. The van der Waals surface area contributed by atoms with Crippen molar-refractivity contribution < 1.29 is 44.2 Å². The van der Waals surface area contributed by atoms with E-state index in [1.54, 1.807) is 23.9 Å². The van der Waals surface area contributed by atoms with Crippen molar-refractivity contribution in [1.82, 2.24) is 24.5 Å². The Balaban J connectivity index is 1.63. The second-order valence-electron chi connectivity index (χ2n) is 11.2. The Morgan fingerprint density at radius 3 is 2.38 bits per heavy atom.